The molecule has 1 N–H and O–H groups in total. The Morgan fingerprint density at radius 3 is 2.71 bits per heavy atom. The Morgan fingerprint density at radius 2 is 2.14 bits per heavy atom. The van der Waals surface area contributed by atoms with Crippen molar-refractivity contribution in [2.24, 2.45) is 5.92 Å². The molecule has 1 fully saturated rings. The van der Waals surface area contributed by atoms with Crippen LogP contribution in [0, 0.1) is 5.92 Å². The van der Waals surface area contributed by atoms with Crippen LogP contribution in [0.2, 0.25) is 0 Å². The number of carbonyl (C=O) groups is 1. The number of benzene rings is 1. The van der Waals surface area contributed by atoms with E-state index < -0.39 is 5.92 Å². The van der Waals surface area contributed by atoms with Crippen LogP contribution in [-0.4, -0.2) is 42.0 Å². The van der Waals surface area contributed by atoms with Gasteiger partial charge in [-0.25, -0.2) is 0 Å². The van der Waals surface area contributed by atoms with E-state index in [1.165, 1.54) is 5.06 Å². The van der Waals surface area contributed by atoms with Crippen LogP contribution in [0.5, 0.6) is 0 Å². The molecule has 1 aliphatic heterocycles. The highest BCUT2D eigenvalue weighted by molar-refractivity contribution is 5.72. The first-order chi connectivity index (χ1) is 10.1. The van der Waals surface area contributed by atoms with Crippen LogP contribution in [0.1, 0.15) is 25.3 Å². The first-order valence-electron chi connectivity index (χ1n) is 7.32. The molecule has 0 spiro atoms. The minimum Gasteiger partial charge on any atom is -0.461 e. The first kappa shape index (κ1) is 15.9. The van der Waals surface area contributed by atoms with Gasteiger partial charge in [0.15, 0.2) is 0 Å². The summed E-state index contributed by atoms with van der Waals surface area (Å²) >= 11 is 0. The summed E-state index contributed by atoms with van der Waals surface area (Å²) < 4.78 is 10.8. The summed E-state index contributed by atoms with van der Waals surface area (Å²) in [6, 6.07) is 9.43. The van der Waals surface area contributed by atoms with E-state index in [4.69, 9.17) is 9.47 Å². The zero-order valence-electron chi connectivity index (χ0n) is 12.6. The van der Waals surface area contributed by atoms with Gasteiger partial charge in [-0.3, -0.25) is 4.79 Å². The van der Waals surface area contributed by atoms with Gasteiger partial charge in [0.05, 0.1) is 18.1 Å². The molecule has 1 aromatic carbocycles. The molecule has 1 aliphatic rings. The smallest absolute Gasteiger partial charge is 0.311 e. The minimum absolute atomic E-state index is 0.144. The van der Waals surface area contributed by atoms with E-state index >= 15 is 0 Å². The van der Waals surface area contributed by atoms with Gasteiger partial charge in [-0.2, -0.15) is 5.06 Å². The number of esters is 1. The molecule has 0 unspecified atom stereocenters. The maximum atomic E-state index is 12.2. The van der Waals surface area contributed by atoms with Crippen LogP contribution < -0.4 is 0 Å². The number of methoxy groups -OCH3 is 1. The fourth-order valence-electron chi connectivity index (χ4n) is 2.80. The van der Waals surface area contributed by atoms with Crippen molar-refractivity contribution in [3.63, 3.8) is 0 Å². The molecule has 0 bridgehead atoms. The van der Waals surface area contributed by atoms with Crippen molar-refractivity contribution >= 4 is 5.97 Å². The lowest BCUT2D eigenvalue weighted by molar-refractivity contribution is -0.168. The molecule has 2 rings (SSSR count). The summed E-state index contributed by atoms with van der Waals surface area (Å²) in [5.41, 5.74) is 0.955. The van der Waals surface area contributed by atoms with Crippen LogP contribution in [0.25, 0.3) is 0 Å². The molecule has 0 radical (unpaired) electrons. The lowest BCUT2D eigenvalue weighted by atomic mass is 9.96. The van der Waals surface area contributed by atoms with Gasteiger partial charge in [0.25, 0.3) is 0 Å². The maximum Gasteiger partial charge on any atom is 0.311 e. The molecule has 5 heteroatoms. The molecule has 0 amide bonds. The van der Waals surface area contributed by atoms with Crippen molar-refractivity contribution in [1.29, 1.82) is 0 Å². The minimum atomic E-state index is -0.420. The molecule has 3 atom stereocenters. The Morgan fingerprint density at radius 1 is 1.43 bits per heavy atom. The summed E-state index contributed by atoms with van der Waals surface area (Å²) in [6.07, 6.45) is 1.37. The predicted octanol–water partition coefficient (Wildman–Crippen LogP) is 2.23. The maximum absolute atomic E-state index is 12.2. The van der Waals surface area contributed by atoms with E-state index in [2.05, 4.69) is 0 Å². The highest BCUT2D eigenvalue weighted by atomic mass is 16.5. The van der Waals surface area contributed by atoms with E-state index in [1.54, 1.807) is 14.0 Å². The number of nitrogens with zero attached hydrogens (tertiary/aromatic N) is 1. The summed E-state index contributed by atoms with van der Waals surface area (Å²) in [7, 11) is 1.57. The first-order valence-corrected chi connectivity index (χ1v) is 7.32. The number of hydrogen-bond acceptors (Lipinski definition) is 5. The quantitative estimate of drug-likeness (QED) is 0.815. The Hall–Kier alpha value is -1.43. The second kappa shape index (κ2) is 7.54. The number of ether oxygens (including phenoxy) is 2. The summed E-state index contributed by atoms with van der Waals surface area (Å²) in [5, 5.41) is 11.1. The fourth-order valence-corrected chi connectivity index (χ4v) is 2.80. The monoisotopic (exact) mass is 293 g/mol. The zero-order chi connectivity index (χ0) is 15.2. The number of hydrogen-bond donors (Lipinski definition) is 1. The average Bonchev–Trinajstić information content (AvgIpc) is 2.93. The largest absolute Gasteiger partial charge is 0.461 e. The lowest BCUT2D eigenvalue weighted by Crippen LogP contribution is -2.44. The molecule has 0 aromatic heterocycles. The van der Waals surface area contributed by atoms with Gasteiger partial charge >= 0.3 is 5.97 Å². The molecule has 0 saturated carbocycles. The van der Waals surface area contributed by atoms with E-state index in [1.807, 2.05) is 30.3 Å². The van der Waals surface area contributed by atoms with Crippen LogP contribution >= 0.6 is 0 Å². The predicted molar refractivity (Wildman–Crippen MR) is 77.7 cm³/mol. The number of hydroxylamine groups is 2. The molecule has 1 heterocycles. The summed E-state index contributed by atoms with van der Waals surface area (Å²) in [5.74, 6) is -0.720. The van der Waals surface area contributed by atoms with Crippen LogP contribution in [0.4, 0.5) is 0 Å². The van der Waals surface area contributed by atoms with Gasteiger partial charge in [-0.15, -0.1) is 0 Å². The SMILES string of the molecule is CO[C@H]([C@@H](C)C(=O)OCc1ccccc1)[C@@H]1CCCN1O. The second-order valence-corrected chi connectivity index (χ2v) is 5.45. The number of rotatable bonds is 6. The van der Waals surface area contributed by atoms with Crippen molar-refractivity contribution in [2.75, 3.05) is 13.7 Å². The highest BCUT2D eigenvalue weighted by Crippen LogP contribution is 2.25. The molecule has 21 heavy (non-hydrogen) atoms. The highest BCUT2D eigenvalue weighted by Gasteiger charge is 2.37. The fraction of sp³-hybridized carbons (Fsp3) is 0.562. The van der Waals surface area contributed by atoms with Gasteiger partial charge in [-0.1, -0.05) is 30.3 Å². The van der Waals surface area contributed by atoms with Crippen molar-refractivity contribution in [1.82, 2.24) is 5.06 Å². The Balaban J connectivity index is 1.91. The average molecular weight is 293 g/mol. The van der Waals surface area contributed by atoms with Crippen molar-refractivity contribution in [2.45, 2.75) is 38.5 Å². The molecule has 5 nitrogen and oxygen atoms in total. The third-order valence-corrected chi connectivity index (χ3v) is 4.01. The van der Waals surface area contributed by atoms with Crippen molar-refractivity contribution in [3.05, 3.63) is 35.9 Å². The molecule has 116 valence electrons. The zero-order valence-corrected chi connectivity index (χ0v) is 12.6. The standard InChI is InChI=1S/C16H23NO4/c1-12(15(20-2)14-9-6-10-17(14)19)16(18)21-11-13-7-4-3-5-8-13/h3-5,7-8,12,14-15,19H,6,9-11H2,1-2H3/t12-,14+,15-/m1/s1. The Bertz CT molecular complexity index is 451. The topological polar surface area (TPSA) is 59.0 Å². The van der Waals surface area contributed by atoms with Gasteiger partial charge < -0.3 is 14.7 Å². The second-order valence-electron chi connectivity index (χ2n) is 5.45. The number of carbonyl (C=O) groups excluding carboxylic acids is 1. The Kier molecular flexibility index (Phi) is 5.73. The lowest BCUT2D eigenvalue weighted by Gasteiger charge is -2.30. The van der Waals surface area contributed by atoms with Crippen molar-refractivity contribution in [3.8, 4) is 0 Å². The third kappa shape index (κ3) is 4.03. The van der Waals surface area contributed by atoms with Gasteiger partial charge in [0.2, 0.25) is 0 Å². The van der Waals surface area contributed by atoms with Crippen molar-refractivity contribution < 1.29 is 19.5 Å². The van der Waals surface area contributed by atoms with Crippen LogP contribution in [0.15, 0.2) is 30.3 Å². The van der Waals surface area contributed by atoms with E-state index in [0.29, 0.717) is 6.54 Å². The van der Waals surface area contributed by atoms with E-state index in [9.17, 15) is 10.0 Å². The summed E-state index contributed by atoms with van der Waals surface area (Å²) in [4.78, 5) is 12.2. The third-order valence-electron chi connectivity index (χ3n) is 4.01. The molecule has 1 aromatic rings. The van der Waals surface area contributed by atoms with Gasteiger partial charge in [0, 0.05) is 13.7 Å². The van der Waals surface area contributed by atoms with Crippen LogP contribution in [0.3, 0.4) is 0 Å². The van der Waals surface area contributed by atoms with E-state index in [-0.39, 0.29) is 24.7 Å². The molecule has 0 aliphatic carbocycles. The normalized spacial score (nSPS) is 22.0. The van der Waals surface area contributed by atoms with Gasteiger partial charge in [0.1, 0.15) is 6.61 Å². The molecular weight excluding hydrogens is 270 g/mol. The molecular formula is C16H23NO4. The van der Waals surface area contributed by atoms with Gasteiger partial charge in [-0.05, 0) is 25.3 Å². The molecule has 1 saturated heterocycles. The van der Waals surface area contributed by atoms with E-state index in [0.717, 1.165) is 18.4 Å². The Labute approximate surface area is 125 Å². The van der Waals surface area contributed by atoms with Crippen LogP contribution in [-0.2, 0) is 20.9 Å². The summed E-state index contributed by atoms with van der Waals surface area (Å²) in [6.45, 7) is 2.66.